The number of amides is 4. The van der Waals surface area contributed by atoms with Crippen molar-refractivity contribution in [3.63, 3.8) is 0 Å². The number of nitrogens with zero attached hydrogens (tertiary/aromatic N) is 3. The van der Waals surface area contributed by atoms with E-state index in [0.29, 0.717) is 11.3 Å². The van der Waals surface area contributed by atoms with E-state index in [1.165, 1.54) is 0 Å². The van der Waals surface area contributed by atoms with Crippen LogP contribution < -0.4 is 10.6 Å². The van der Waals surface area contributed by atoms with Crippen LogP contribution in [-0.2, 0) is 21.7 Å². The van der Waals surface area contributed by atoms with Crippen LogP contribution >= 0.6 is 0 Å². The molecule has 2 N–H and O–H groups in total. The molecule has 1 aliphatic rings. The molecule has 0 unspecified atom stereocenters. The van der Waals surface area contributed by atoms with E-state index < -0.39 is 23.4 Å². The Kier molecular flexibility index (Phi) is 4.62. The summed E-state index contributed by atoms with van der Waals surface area (Å²) in [7, 11) is 0. The second-order valence-electron chi connectivity index (χ2n) is 7.98. The average molecular weight is 427 g/mol. The van der Waals surface area contributed by atoms with Crippen molar-refractivity contribution in [2.75, 3.05) is 6.54 Å². The van der Waals surface area contributed by atoms with E-state index in [0.717, 1.165) is 21.3 Å². The molecule has 0 radical (unpaired) electrons. The average Bonchev–Trinajstić information content (AvgIpc) is 3.31. The van der Waals surface area contributed by atoms with E-state index in [1.807, 2.05) is 77.5 Å². The third-order valence-electron chi connectivity index (χ3n) is 5.78. The van der Waals surface area contributed by atoms with Gasteiger partial charge in [-0.05, 0) is 41.5 Å². The Labute approximate surface area is 183 Å². The van der Waals surface area contributed by atoms with E-state index in [9.17, 15) is 14.4 Å². The van der Waals surface area contributed by atoms with Gasteiger partial charge in [0.05, 0.1) is 12.2 Å². The van der Waals surface area contributed by atoms with Crippen molar-refractivity contribution in [1.82, 2.24) is 24.9 Å². The van der Waals surface area contributed by atoms with Gasteiger partial charge in [-0.25, -0.2) is 9.78 Å². The fourth-order valence-corrected chi connectivity index (χ4v) is 4.00. The smallest absolute Gasteiger partial charge is 0.325 e. The van der Waals surface area contributed by atoms with Crippen LogP contribution in [0.5, 0.6) is 0 Å². The van der Waals surface area contributed by atoms with Gasteiger partial charge in [-0.1, -0.05) is 42.5 Å². The molecule has 8 nitrogen and oxygen atoms in total. The van der Waals surface area contributed by atoms with Gasteiger partial charge in [-0.3, -0.25) is 14.5 Å². The molecule has 4 amide bonds. The Morgan fingerprint density at radius 3 is 2.66 bits per heavy atom. The molecule has 3 heterocycles. The Bertz CT molecular complexity index is 1350. The van der Waals surface area contributed by atoms with Crippen molar-refractivity contribution in [2.24, 2.45) is 0 Å². The minimum atomic E-state index is -1.23. The number of hydrogen-bond acceptors (Lipinski definition) is 4. The summed E-state index contributed by atoms with van der Waals surface area (Å²) in [5, 5.41) is 7.49. The van der Waals surface area contributed by atoms with Gasteiger partial charge in [0.15, 0.2) is 0 Å². The molecule has 1 aliphatic heterocycles. The molecule has 1 saturated heterocycles. The normalized spacial score (nSPS) is 18.3. The highest BCUT2D eigenvalue weighted by atomic mass is 16.2. The van der Waals surface area contributed by atoms with Gasteiger partial charge in [-0.2, -0.15) is 0 Å². The third kappa shape index (κ3) is 3.35. The molecular formula is C24H21N5O3. The number of hydrogen-bond donors (Lipinski definition) is 2. The third-order valence-corrected chi connectivity index (χ3v) is 5.78. The number of carbonyl (C=O) groups is 3. The first-order valence-corrected chi connectivity index (χ1v) is 10.3. The number of urea groups is 1. The van der Waals surface area contributed by atoms with Crippen molar-refractivity contribution in [3.8, 4) is 0 Å². The molecule has 0 spiro atoms. The van der Waals surface area contributed by atoms with Crippen LogP contribution in [0.15, 0.2) is 73.1 Å². The van der Waals surface area contributed by atoms with Gasteiger partial charge >= 0.3 is 6.03 Å². The number of pyridine rings is 1. The van der Waals surface area contributed by atoms with E-state index in [-0.39, 0.29) is 13.1 Å². The van der Waals surface area contributed by atoms with Crippen LogP contribution in [-0.4, -0.2) is 38.7 Å². The fraction of sp³-hybridized carbons (Fsp3) is 0.167. The zero-order chi connectivity index (χ0) is 22.3. The topological polar surface area (TPSA) is 95.8 Å². The summed E-state index contributed by atoms with van der Waals surface area (Å²) in [5.74, 6) is -0.894. The van der Waals surface area contributed by atoms with Crippen molar-refractivity contribution >= 4 is 34.3 Å². The summed E-state index contributed by atoms with van der Waals surface area (Å²) in [6.45, 7) is 1.50. The maximum absolute atomic E-state index is 13.1. The van der Waals surface area contributed by atoms with Gasteiger partial charge in [0.1, 0.15) is 17.7 Å². The van der Waals surface area contributed by atoms with Crippen molar-refractivity contribution in [1.29, 1.82) is 0 Å². The van der Waals surface area contributed by atoms with Gasteiger partial charge in [0.25, 0.3) is 5.91 Å². The minimum Gasteiger partial charge on any atom is -0.349 e. The zero-order valence-electron chi connectivity index (χ0n) is 17.4. The molecule has 1 atom stereocenters. The maximum Gasteiger partial charge on any atom is 0.325 e. The fourth-order valence-electron chi connectivity index (χ4n) is 4.00. The first-order valence-electron chi connectivity index (χ1n) is 10.3. The monoisotopic (exact) mass is 427 g/mol. The molecule has 1 fully saturated rings. The number of aromatic nitrogens is 2. The number of fused-ring (bicyclic) bond motifs is 2. The summed E-state index contributed by atoms with van der Waals surface area (Å²) < 4.78 is 1.86. The molecule has 0 saturated carbocycles. The molecule has 0 bridgehead atoms. The van der Waals surface area contributed by atoms with Gasteiger partial charge in [-0.15, -0.1) is 0 Å². The number of imide groups is 1. The van der Waals surface area contributed by atoms with Gasteiger partial charge < -0.3 is 15.0 Å². The molecule has 0 aliphatic carbocycles. The molecule has 5 rings (SSSR count). The SMILES string of the molecule is C[C@@]1(c2ccc3ccccc3c2)NC(=O)N(CC(=O)NCc2cn3ccccc3n2)C1=O. The first kappa shape index (κ1) is 19.7. The molecule has 4 aromatic rings. The highest BCUT2D eigenvalue weighted by molar-refractivity contribution is 6.09. The van der Waals surface area contributed by atoms with Crippen LogP contribution in [0.2, 0.25) is 0 Å². The molecule has 2 aromatic heterocycles. The number of nitrogens with one attached hydrogen (secondary N) is 2. The van der Waals surface area contributed by atoms with E-state index >= 15 is 0 Å². The highest BCUT2D eigenvalue weighted by Gasteiger charge is 2.49. The maximum atomic E-state index is 13.1. The number of benzene rings is 2. The Morgan fingerprint density at radius 1 is 1.06 bits per heavy atom. The minimum absolute atomic E-state index is 0.201. The van der Waals surface area contributed by atoms with E-state index in [4.69, 9.17) is 0 Å². The quantitative estimate of drug-likeness (QED) is 0.479. The summed E-state index contributed by atoms with van der Waals surface area (Å²) in [6.07, 6.45) is 3.69. The number of rotatable bonds is 5. The second-order valence-corrected chi connectivity index (χ2v) is 7.98. The lowest BCUT2D eigenvalue weighted by Gasteiger charge is -2.22. The van der Waals surface area contributed by atoms with Crippen molar-refractivity contribution in [3.05, 3.63) is 84.3 Å². The molecule has 8 heteroatoms. The molecule has 32 heavy (non-hydrogen) atoms. The highest BCUT2D eigenvalue weighted by Crippen LogP contribution is 2.30. The summed E-state index contributed by atoms with van der Waals surface area (Å²) in [5.41, 5.74) is 0.894. The van der Waals surface area contributed by atoms with Crippen LogP contribution in [0.4, 0.5) is 4.79 Å². The van der Waals surface area contributed by atoms with Crippen molar-refractivity contribution < 1.29 is 14.4 Å². The van der Waals surface area contributed by atoms with Crippen LogP contribution in [0, 0.1) is 0 Å². The summed E-state index contributed by atoms with van der Waals surface area (Å²) in [4.78, 5) is 43.6. The summed E-state index contributed by atoms with van der Waals surface area (Å²) in [6, 6.07) is 18.5. The lowest BCUT2D eigenvalue weighted by molar-refractivity contribution is -0.134. The second kappa shape index (κ2) is 7.49. The zero-order valence-corrected chi connectivity index (χ0v) is 17.4. The van der Waals surface area contributed by atoms with Crippen molar-refractivity contribution in [2.45, 2.75) is 19.0 Å². The van der Waals surface area contributed by atoms with E-state index in [2.05, 4.69) is 15.6 Å². The molecule has 160 valence electrons. The summed E-state index contributed by atoms with van der Waals surface area (Å²) >= 11 is 0. The first-order chi connectivity index (χ1) is 15.4. The Morgan fingerprint density at radius 2 is 1.84 bits per heavy atom. The molecule has 2 aromatic carbocycles. The standard InChI is InChI=1S/C24H21N5O3/c1-24(18-10-9-16-6-2-3-7-17(16)12-18)22(31)29(23(32)27-24)15-21(30)25-13-19-14-28-11-5-4-8-20(28)26-19/h2-12,14H,13,15H2,1H3,(H,25,30)(H,27,32)/t24-/m0/s1. The predicted molar refractivity (Wildman–Crippen MR) is 119 cm³/mol. The van der Waals surface area contributed by atoms with Crippen LogP contribution in [0.3, 0.4) is 0 Å². The van der Waals surface area contributed by atoms with E-state index in [1.54, 1.807) is 6.92 Å². The van der Waals surface area contributed by atoms with Crippen LogP contribution in [0.25, 0.3) is 16.4 Å². The molecular weight excluding hydrogens is 406 g/mol. The predicted octanol–water partition coefficient (Wildman–Crippen LogP) is 2.57. The van der Waals surface area contributed by atoms with Crippen LogP contribution in [0.1, 0.15) is 18.2 Å². The number of imidazole rings is 1. The lowest BCUT2D eigenvalue weighted by atomic mass is 9.90. The largest absolute Gasteiger partial charge is 0.349 e. The Hall–Kier alpha value is -4.20. The Balaban J connectivity index is 1.29. The van der Waals surface area contributed by atoms with Gasteiger partial charge in [0.2, 0.25) is 5.91 Å². The number of carbonyl (C=O) groups excluding carboxylic acids is 3. The lowest BCUT2D eigenvalue weighted by Crippen LogP contribution is -2.43. The van der Waals surface area contributed by atoms with Gasteiger partial charge in [0, 0.05) is 12.4 Å².